The Morgan fingerprint density at radius 1 is 1.00 bits per heavy atom. The molecule has 0 aliphatic heterocycles. The summed E-state index contributed by atoms with van der Waals surface area (Å²) in [5.41, 5.74) is 0.346. The van der Waals surface area contributed by atoms with E-state index in [0.29, 0.717) is 18.5 Å². The molecule has 0 radical (unpaired) electrons. The third kappa shape index (κ3) is 15.9. The number of rotatable bonds is 18. The molecule has 0 aromatic rings. The van der Waals surface area contributed by atoms with Gasteiger partial charge in [-0.25, -0.2) is 4.79 Å². The zero-order valence-electron chi connectivity index (χ0n) is 16.1. The van der Waals surface area contributed by atoms with Crippen molar-refractivity contribution < 1.29 is 23.8 Å². The number of ether oxygens (including phenoxy) is 3. The first-order valence-corrected chi connectivity index (χ1v) is 9.61. The Morgan fingerprint density at radius 2 is 1.60 bits per heavy atom. The summed E-state index contributed by atoms with van der Waals surface area (Å²) in [5, 5.41) is 0. The molecule has 0 saturated carbocycles. The number of unbranched alkanes of at least 4 members (excludes halogenated alkanes) is 7. The van der Waals surface area contributed by atoms with Gasteiger partial charge in [0.05, 0.1) is 0 Å². The predicted molar refractivity (Wildman–Crippen MR) is 99.4 cm³/mol. The van der Waals surface area contributed by atoms with Gasteiger partial charge in [0.15, 0.2) is 0 Å². The van der Waals surface area contributed by atoms with Crippen LogP contribution in [0.1, 0.15) is 78.1 Å². The smallest absolute Gasteiger partial charge is 0.333 e. The Bertz CT molecular complexity index is 354. The van der Waals surface area contributed by atoms with E-state index >= 15 is 0 Å². The molecule has 0 amide bonds. The van der Waals surface area contributed by atoms with Gasteiger partial charge in [-0.3, -0.25) is 4.79 Å². The molecule has 1 unspecified atom stereocenters. The zero-order valence-corrected chi connectivity index (χ0v) is 16.1. The van der Waals surface area contributed by atoms with Gasteiger partial charge in [0.2, 0.25) is 0 Å². The van der Waals surface area contributed by atoms with Crippen LogP contribution in [0.4, 0.5) is 0 Å². The van der Waals surface area contributed by atoms with Gasteiger partial charge in [0, 0.05) is 18.8 Å². The summed E-state index contributed by atoms with van der Waals surface area (Å²) in [4.78, 5) is 21.9. The zero-order chi connectivity index (χ0) is 18.8. The molecule has 5 heteroatoms. The van der Waals surface area contributed by atoms with Crippen molar-refractivity contribution in [3.63, 3.8) is 0 Å². The van der Waals surface area contributed by atoms with E-state index in [2.05, 4.69) is 13.5 Å². The topological polar surface area (TPSA) is 61.8 Å². The molecule has 25 heavy (non-hydrogen) atoms. The largest absolute Gasteiger partial charge is 0.464 e. The van der Waals surface area contributed by atoms with E-state index < -0.39 is 12.1 Å². The number of esters is 1. The Balaban J connectivity index is 3.59. The molecule has 0 aromatic carbocycles. The van der Waals surface area contributed by atoms with Crippen LogP contribution in [0.2, 0.25) is 0 Å². The lowest BCUT2D eigenvalue weighted by molar-refractivity contribution is -0.151. The molecule has 1 atom stereocenters. The van der Waals surface area contributed by atoms with E-state index in [1.165, 1.54) is 32.1 Å². The predicted octanol–water partition coefficient (Wildman–Crippen LogP) is 4.58. The van der Waals surface area contributed by atoms with Crippen molar-refractivity contribution in [2.75, 3.05) is 19.8 Å². The van der Waals surface area contributed by atoms with Gasteiger partial charge in [-0.05, 0) is 32.6 Å². The van der Waals surface area contributed by atoms with Crippen molar-refractivity contribution in [2.24, 2.45) is 0 Å². The highest BCUT2D eigenvalue weighted by atomic mass is 16.6. The molecule has 0 saturated heterocycles. The fourth-order valence-electron chi connectivity index (χ4n) is 2.41. The molecule has 0 fully saturated rings. The number of carbonyl (C=O) groups excluding carboxylic acids is 2. The molecule has 0 N–H and O–H groups in total. The quantitative estimate of drug-likeness (QED) is 0.156. The molecule has 0 aliphatic carbocycles. The van der Waals surface area contributed by atoms with Crippen molar-refractivity contribution in [3.8, 4) is 0 Å². The SMILES string of the molecule is C=C(C)C(=O)OC(CCCCCOCCCCCCCC)COC=O. The van der Waals surface area contributed by atoms with Crippen LogP contribution in [0.5, 0.6) is 0 Å². The molecule has 0 heterocycles. The standard InChI is InChI=1S/C20H36O5/c1-4-5-6-7-8-11-14-23-15-12-9-10-13-19(16-24-17-21)25-20(22)18(2)3/h17,19H,2,4-16H2,1,3H3. The van der Waals surface area contributed by atoms with Crippen molar-refractivity contribution in [1.82, 2.24) is 0 Å². The summed E-state index contributed by atoms with van der Waals surface area (Å²) in [6, 6.07) is 0. The number of carbonyl (C=O) groups is 2. The van der Waals surface area contributed by atoms with E-state index in [9.17, 15) is 9.59 Å². The second-order valence-corrected chi connectivity index (χ2v) is 6.47. The summed E-state index contributed by atoms with van der Waals surface area (Å²) < 4.78 is 15.6. The van der Waals surface area contributed by atoms with Crippen LogP contribution in [0.3, 0.4) is 0 Å². The fourth-order valence-corrected chi connectivity index (χ4v) is 2.41. The highest BCUT2D eigenvalue weighted by Crippen LogP contribution is 2.10. The summed E-state index contributed by atoms with van der Waals surface area (Å²) in [5.74, 6) is -0.443. The molecular formula is C20H36O5. The average Bonchev–Trinajstić information content (AvgIpc) is 2.60. The van der Waals surface area contributed by atoms with Crippen molar-refractivity contribution in [1.29, 1.82) is 0 Å². The maximum absolute atomic E-state index is 11.5. The highest BCUT2D eigenvalue weighted by molar-refractivity contribution is 5.87. The van der Waals surface area contributed by atoms with Crippen LogP contribution in [0.25, 0.3) is 0 Å². The Kier molecular flexibility index (Phi) is 16.5. The third-order valence-electron chi connectivity index (χ3n) is 3.93. The summed E-state index contributed by atoms with van der Waals surface area (Å²) in [6.07, 6.45) is 10.8. The number of hydrogen-bond acceptors (Lipinski definition) is 5. The summed E-state index contributed by atoms with van der Waals surface area (Å²) in [6.45, 7) is 9.46. The van der Waals surface area contributed by atoms with Crippen LogP contribution < -0.4 is 0 Å². The minimum Gasteiger partial charge on any atom is -0.464 e. The van der Waals surface area contributed by atoms with Crippen molar-refractivity contribution in [3.05, 3.63) is 12.2 Å². The lowest BCUT2D eigenvalue weighted by Gasteiger charge is -2.16. The third-order valence-corrected chi connectivity index (χ3v) is 3.93. The van der Waals surface area contributed by atoms with Gasteiger partial charge in [-0.1, -0.05) is 52.0 Å². The Morgan fingerprint density at radius 3 is 2.20 bits per heavy atom. The van der Waals surface area contributed by atoms with Gasteiger partial charge in [-0.2, -0.15) is 0 Å². The van der Waals surface area contributed by atoms with Gasteiger partial charge in [-0.15, -0.1) is 0 Å². The van der Waals surface area contributed by atoms with Gasteiger partial charge >= 0.3 is 5.97 Å². The van der Waals surface area contributed by atoms with Gasteiger partial charge in [0.1, 0.15) is 12.7 Å². The van der Waals surface area contributed by atoms with Gasteiger partial charge < -0.3 is 14.2 Å². The second kappa shape index (κ2) is 17.5. The van der Waals surface area contributed by atoms with E-state index in [1.807, 2.05) is 0 Å². The fraction of sp³-hybridized carbons (Fsp3) is 0.800. The summed E-state index contributed by atoms with van der Waals surface area (Å²) >= 11 is 0. The second-order valence-electron chi connectivity index (χ2n) is 6.47. The Labute approximate surface area is 153 Å². The number of hydrogen-bond donors (Lipinski definition) is 0. The van der Waals surface area contributed by atoms with E-state index in [1.54, 1.807) is 6.92 Å². The van der Waals surface area contributed by atoms with E-state index in [-0.39, 0.29) is 6.61 Å². The normalized spacial score (nSPS) is 11.8. The first kappa shape index (κ1) is 23.6. The minimum absolute atomic E-state index is 0.0943. The molecule has 0 spiro atoms. The first-order valence-electron chi connectivity index (χ1n) is 9.61. The molecule has 146 valence electrons. The average molecular weight is 357 g/mol. The van der Waals surface area contributed by atoms with Crippen LogP contribution in [-0.4, -0.2) is 38.4 Å². The Hall–Kier alpha value is -1.36. The minimum atomic E-state index is -0.443. The monoisotopic (exact) mass is 356 g/mol. The molecule has 0 bridgehead atoms. The highest BCUT2D eigenvalue weighted by Gasteiger charge is 2.15. The molecule has 0 aromatic heterocycles. The molecule has 0 aliphatic rings. The van der Waals surface area contributed by atoms with Crippen LogP contribution in [0, 0.1) is 0 Å². The van der Waals surface area contributed by atoms with Crippen LogP contribution in [0.15, 0.2) is 12.2 Å². The van der Waals surface area contributed by atoms with E-state index in [4.69, 9.17) is 14.2 Å². The van der Waals surface area contributed by atoms with Crippen molar-refractivity contribution >= 4 is 12.4 Å². The molecule has 0 rings (SSSR count). The van der Waals surface area contributed by atoms with Crippen LogP contribution >= 0.6 is 0 Å². The van der Waals surface area contributed by atoms with E-state index in [0.717, 1.165) is 38.9 Å². The maximum Gasteiger partial charge on any atom is 0.333 e. The van der Waals surface area contributed by atoms with Gasteiger partial charge in [0.25, 0.3) is 6.47 Å². The first-order chi connectivity index (χ1) is 12.1. The lowest BCUT2D eigenvalue weighted by atomic mass is 10.1. The molecular weight excluding hydrogens is 320 g/mol. The summed E-state index contributed by atoms with van der Waals surface area (Å²) in [7, 11) is 0. The maximum atomic E-state index is 11.5. The molecule has 5 nitrogen and oxygen atoms in total. The van der Waals surface area contributed by atoms with Crippen molar-refractivity contribution in [2.45, 2.75) is 84.2 Å². The van der Waals surface area contributed by atoms with Crippen LogP contribution in [-0.2, 0) is 23.8 Å². The lowest BCUT2D eigenvalue weighted by Crippen LogP contribution is -2.23.